The molecule has 0 aliphatic rings. The smallest absolute Gasteiger partial charge is 0.357 e. The lowest BCUT2D eigenvalue weighted by atomic mass is 10.1. The van der Waals surface area contributed by atoms with Crippen LogP contribution in [0.4, 0.5) is 0 Å². The van der Waals surface area contributed by atoms with Crippen LogP contribution in [0.1, 0.15) is 38.2 Å². The molecule has 0 bridgehead atoms. The summed E-state index contributed by atoms with van der Waals surface area (Å²) in [6.07, 6.45) is 6.04. The van der Waals surface area contributed by atoms with Crippen molar-refractivity contribution in [2.75, 3.05) is 0 Å². The number of unbranched alkanes of at least 4 members (excludes halogenated alkanes) is 3. The highest BCUT2D eigenvalue weighted by Crippen LogP contribution is 2.15. The minimum Gasteiger partial charge on any atom is -0.380 e. The van der Waals surface area contributed by atoms with Crippen LogP contribution in [0, 0.1) is 0 Å². The van der Waals surface area contributed by atoms with E-state index in [0.717, 1.165) is 6.42 Å². The topological polar surface area (TPSA) is 46.5 Å². The molecule has 0 spiro atoms. The third-order valence-corrected chi connectivity index (χ3v) is 2.74. The Morgan fingerprint density at radius 3 is 2.44 bits per heavy atom. The van der Waals surface area contributed by atoms with Gasteiger partial charge in [-0.2, -0.15) is 4.21 Å². The van der Waals surface area contributed by atoms with Crippen LogP contribution >= 0.6 is 0 Å². The van der Waals surface area contributed by atoms with Gasteiger partial charge in [0.2, 0.25) is 0 Å². The molecule has 0 saturated heterocycles. The Morgan fingerprint density at radius 2 is 1.88 bits per heavy atom. The maximum atomic E-state index is 10.4. The minimum absolute atomic E-state index is 0.429. The van der Waals surface area contributed by atoms with Gasteiger partial charge in [-0.1, -0.05) is 38.3 Å². The quantitative estimate of drug-likeness (QED) is 0.589. The summed E-state index contributed by atoms with van der Waals surface area (Å²) < 4.78 is 23.6. The number of benzene rings is 1. The van der Waals surface area contributed by atoms with Gasteiger partial charge in [0.1, 0.15) is 5.75 Å². The third kappa shape index (κ3) is 5.28. The van der Waals surface area contributed by atoms with E-state index in [9.17, 15) is 4.21 Å². The number of hydrogen-bond acceptors (Lipinski definition) is 2. The highest BCUT2D eigenvalue weighted by atomic mass is 32.2. The zero-order valence-corrected chi connectivity index (χ0v) is 10.3. The predicted molar refractivity (Wildman–Crippen MR) is 65.7 cm³/mol. The lowest BCUT2D eigenvalue weighted by molar-refractivity contribution is 0.458. The van der Waals surface area contributed by atoms with Crippen LogP contribution in [0.5, 0.6) is 5.75 Å². The molecular weight excluding hydrogens is 224 g/mol. The van der Waals surface area contributed by atoms with Gasteiger partial charge in [-0.3, -0.25) is 4.55 Å². The maximum absolute atomic E-state index is 10.4. The molecule has 16 heavy (non-hydrogen) atoms. The molecule has 0 aromatic heterocycles. The van der Waals surface area contributed by atoms with Crippen LogP contribution in [-0.2, 0) is 17.8 Å². The highest BCUT2D eigenvalue weighted by molar-refractivity contribution is 7.74. The van der Waals surface area contributed by atoms with Crippen molar-refractivity contribution in [1.82, 2.24) is 0 Å². The maximum Gasteiger partial charge on any atom is 0.357 e. The van der Waals surface area contributed by atoms with Gasteiger partial charge in [-0.15, -0.1) is 0 Å². The van der Waals surface area contributed by atoms with E-state index in [1.165, 1.54) is 31.2 Å². The lowest BCUT2D eigenvalue weighted by Crippen LogP contribution is -1.97. The monoisotopic (exact) mass is 242 g/mol. The van der Waals surface area contributed by atoms with Crippen LogP contribution in [0.25, 0.3) is 0 Å². The van der Waals surface area contributed by atoms with Gasteiger partial charge in [0.15, 0.2) is 0 Å². The van der Waals surface area contributed by atoms with Crippen LogP contribution in [-0.4, -0.2) is 8.76 Å². The van der Waals surface area contributed by atoms with Crippen molar-refractivity contribution in [3.05, 3.63) is 29.8 Å². The number of rotatable bonds is 7. The zero-order valence-electron chi connectivity index (χ0n) is 9.52. The SMILES string of the molecule is CCCCCCc1ccc(OS(=O)O)cc1. The fraction of sp³-hybridized carbons (Fsp3) is 0.500. The molecule has 0 radical (unpaired) electrons. The normalized spacial score (nSPS) is 12.4. The van der Waals surface area contributed by atoms with Crippen molar-refractivity contribution in [1.29, 1.82) is 0 Å². The molecule has 1 aromatic carbocycles. The summed E-state index contributed by atoms with van der Waals surface area (Å²) in [5, 5.41) is 0. The molecule has 1 rings (SSSR count). The van der Waals surface area contributed by atoms with Crippen LogP contribution < -0.4 is 4.18 Å². The Labute approximate surface area is 99.3 Å². The van der Waals surface area contributed by atoms with Crippen molar-refractivity contribution in [3.8, 4) is 5.75 Å². The predicted octanol–water partition coefficient (Wildman–Crippen LogP) is 3.32. The third-order valence-electron chi connectivity index (χ3n) is 2.41. The summed E-state index contributed by atoms with van der Waals surface area (Å²) in [4.78, 5) is 0. The molecule has 90 valence electrons. The Morgan fingerprint density at radius 1 is 1.19 bits per heavy atom. The second kappa shape index (κ2) is 7.41. The summed E-state index contributed by atoms with van der Waals surface area (Å²) >= 11 is -2.23. The molecule has 0 aliphatic carbocycles. The molecule has 0 saturated carbocycles. The van der Waals surface area contributed by atoms with Crippen molar-refractivity contribution in [2.24, 2.45) is 0 Å². The molecule has 3 nitrogen and oxygen atoms in total. The molecule has 0 fully saturated rings. The van der Waals surface area contributed by atoms with Crippen molar-refractivity contribution < 1.29 is 12.9 Å². The average Bonchev–Trinajstić information content (AvgIpc) is 2.26. The first-order chi connectivity index (χ1) is 7.72. The molecule has 4 heteroatoms. The van der Waals surface area contributed by atoms with Gasteiger partial charge in [-0.25, -0.2) is 0 Å². The first-order valence-corrected chi connectivity index (χ1v) is 6.63. The molecule has 1 N–H and O–H groups in total. The summed E-state index contributed by atoms with van der Waals surface area (Å²) in [5.74, 6) is 0.429. The van der Waals surface area contributed by atoms with Crippen LogP contribution in [0.3, 0.4) is 0 Å². The zero-order chi connectivity index (χ0) is 11.8. The van der Waals surface area contributed by atoms with Gasteiger partial charge in [0.25, 0.3) is 0 Å². The van der Waals surface area contributed by atoms with E-state index < -0.39 is 11.4 Å². The number of aryl methyl sites for hydroxylation is 1. The van der Waals surface area contributed by atoms with E-state index >= 15 is 0 Å². The molecule has 0 heterocycles. The largest absolute Gasteiger partial charge is 0.380 e. The number of hydrogen-bond donors (Lipinski definition) is 1. The summed E-state index contributed by atoms with van der Waals surface area (Å²) in [7, 11) is 0. The van der Waals surface area contributed by atoms with E-state index in [4.69, 9.17) is 4.55 Å². The standard InChI is InChI=1S/C12H18O3S/c1-2-3-4-5-6-11-7-9-12(10-8-11)15-16(13)14/h7-10H,2-6H2,1H3,(H,13,14). The fourth-order valence-electron chi connectivity index (χ4n) is 1.55. The Bertz CT molecular complexity index is 322. The van der Waals surface area contributed by atoms with Crippen molar-refractivity contribution in [3.63, 3.8) is 0 Å². The molecule has 0 amide bonds. The van der Waals surface area contributed by atoms with Crippen molar-refractivity contribution in [2.45, 2.75) is 39.0 Å². The van der Waals surface area contributed by atoms with Gasteiger partial charge in [0, 0.05) is 0 Å². The first-order valence-electron chi connectivity index (χ1n) is 5.60. The Kier molecular flexibility index (Phi) is 6.11. The fourth-order valence-corrected chi connectivity index (χ4v) is 1.83. The van der Waals surface area contributed by atoms with E-state index in [1.807, 2.05) is 12.1 Å². The Balaban J connectivity index is 2.36. The van der Waals surface area contributed by atoms with Gasteiger partial charge < -0.3 is 4.18 Å². The summed E-state index contributed by atoms with van der Waals surface area (Å²) in [5.41, 5.74) is 1.24. The second-order valence-corrected chi connectivity index (χ2v) is 4.36. The van der Waals surface area contributed by atoms with E-state index in [-0.39, 0.29) is 0 Å². The Hall–Kier alpha value is -0.870. The average molecular weight is 242 g/mol. The van der Waals surface area contributed by atoms with Crippen LogP contribution in [0.15, 0.2) is 24.3 Å². The molecular formula is C12H18O3S. The van der Waals surface area contributed by atoms with E-state index in [1.54, 1.807) is 12.1 Å². The summed E-state index contributed by atoms with van der Waals surface area (Å²) in [6, 6.07) is 7.33. The van der Waals surface area contributed by atoms with Gasteiger partial charge in [0.05, 0.1) is 0 Å². The van der Waals surface area contributed by atoms with Gasteiger partial charge >= 0.3 is 11.4 Å². The first kappa shape index (κ1) is 13.2. The molecule has 0 aliphatic heterocycles. The van der Waals surface area contributed by atoms with Gasteiger partial charge in [-0.05, 0) is 30.5 Å². The second-order valence-electron chi connectivity index (χ2n) is 3.76. The van der Waals surface area contributed by atoms with E-state index in [2.05, 4.69) is 11.1 Å². The minimum atomic E-state index is -2.23. The molecule has 1 unspecified atom stereocenters. The van der Waals surface area contributed by atoms with E-state index in [0.29, 0.717) is 5.75 Å². The van der Waals surface area contributed by atoms with Crippen molar-refractivity contribution >= 4 is 11.4 Å². The summed E-state index contributed by atoms with van der Waals surface area (Å²) in [6.45, 7) is 2.20. The lowest BCUT2D eigenvalue weighted by Gasteiger charge is -2.03. The highest BCUT2D eigenvalue weighted by Gasteiger charge is 1.98. The molecule has 1 aromatic rings. The van der Waals surface area contributed by atoms with Crippen LogP contribution in [0.2, 0.25) is 0 Å². The molecule has 1 atom stereocenters.